The second-order valence-electron chi connectivity index (χ2n) is 6.88. The van der Waals surface area contributed by atoms with Gasteiger partial charge in [0, 0.05) is 29.8 Å². The fourth-order valence-electron chi connectivity index (χ4n) is 2.96. The number of anilines is 1. The highest BCUT2D eigenvalue weighted by atomic mass is 32.1. The molecule has 7 nitrogen and oxygen atoms in total. The monoisotopic (exact) mass is 382 g/mol. The molecule has 1 unspecified atom stereocenters. The van der Waals surface area contributed by atoms with E-state index >= 15 is 0 Å². The van der Waals surface area contributed by atoms with E-state index in [-0.39, 0.29) is 0 Å². The second kappa shape index (κ2) is 7.56. The average molecular weight is 382 g/mol. The molecule has 0 aliphatic heterocycles. The fourth-order valence-corrected chi connectivity index (χ4v) is 3.61. The van der Waals surface area contributed by atoms with E-state index in [1.54, 1.807) is 11.3 Å². The summed E-state index contributed by atoms with van der Waals surface area (Å²) in [7, 11) is 0. The van der Waals surface area contributed by atoms with Crippen molar-refractivity contribution in [2.24, 2.45) is 5.92 Å². The first-order valence-electron chi connectivity index (χ1n) is 9.01. The van der Waals surface area contributed by atoms with Crippen LogP contribution in [0.15, 0.2) is 24.4 Å². The highest BCUT2D eigenvalue weighted by Crippen LogP contribution is 2.46. The van der Waals surface area contributed by atoms with Crippen LogP contribution >= 0.6 is 11.3 Å². The van der Waals surface area contributed by atoms with Crippen molar-refractivity contribution in [2.45, 2.75) is 39.7 Å². The van der Waals surface area contributed by atoms with Crippen LogP contribution in [0.3, 0.4) is 0 Å². The van der Waals surface area contributed by atoms with Crippen LogP contribution < -0.4 is 10.1 Å². The van der Waals surface area contributed by atoms with E-state index in [0.29, 0.717) is 36.7 Å². The Morgan fingerprint density at radius 3 is 2.81 bits per heavy atom. The molecule has 2 atom stereocenters. The average Bonchev–Trinajstić information content (AvgIpc) is 3.30. The van der Waals surface area contributed by atoms with Gasteiger partial charge >= 0.3 is 0 Å². The van der Waals surface area contributed by atoms with Gasteiger partial charge in [0.1, 0.15) is 21.7 Å². The summed E-state index contributed by atoms with van der Waals surface area (Å²) in [6.45, 7) is 7.10. The van der Waals surface area contributed by atoms with Crippen molar-refractivity contribution < 1.29 is 4.74 Å². The summed E-state index contributed by atoms with van der Waals surface area (Å²) in [6, 6.07) is 6.07. The van der Waals surface area contributed by atoms with Crippen molar-refractivity contribution in [1.82, 2.24) is 25.1 Å². The van der Waals surface area contributed by atoms with Gasteiger partial charge in [-0.25, -0.2) is 4.98 Å². The maximum absolute atomic E-state index is 5.94. The predicted octanol–water partition coefficient (Wildman–Crippen LogP) is 3.44. The molecular formula is C19H22N6OS. The zero-order valence-corrected chi connectivity index (χ0v) is 16.5. The number of ether oxygens (including phenoxy) is 1. The lowest BCUT2D eigenvalue weighted by molar-refractivity contribution is 0.284. The van der Waals surface area contributed by atoms with Crippen LogP contribution in [0.4, 0.5) is 5.82 Å². The zero-order chi connectivity index (χ0) is 18.8. The molecule has 1 N–H and O–H groups in total. The van der Waals surface area contributed by atoms with Crippen LogP contribution in [-0.4, -0.2) is 31.8 Å². The van der Waals surface area contributed by atoms with Crippen molar-refractivity contribution in [3.05, 3.63) is 51.5 Å². The first-order valence-corrected chi connectivity index (χ1v) is 9.82. The molecule has 0 saturated heterocycles. The minimum Gasteiger partial charge on any atom is -0.477 e. The summed E-state index contributed by atoms with van der Waals surface area (Å²) in [4.78, 5) is 13.3. The molecule has 3 aromatic heterocycles. The SMILES string of the molecule is Cc1ccc(C2C[C@@H]2COc2cc(NCc3nnc(C)s3)nc(C)n2)nc1. The fraction of sp³-hybridized carbons (Fsp3) is 0.421. The quantitative estimate of drug-likeness (QED) is 0.670. The Morgan fingerprint density at radius 1 is 1.19 bits per heavy atom. The molecule has 4 rings (SSSR count). The molecule has 8 heteroatoms. The van der Waals surface area contributed by atoms with Crippen LogP contribution in [0.5, 0.6) is 5.88 Å². The summed E-state index contributed by atoms with van der Waals surface area (Å²) in [5, 5.41) is 13.3. The number of aryl methyl sites for hydroxylation is 3. The lowest BCUT2D eigenvalue weighted by Crippen LogP contribution is -2.07. The largest absolute Gasteiger partial charge is 0.477 e. The van der Waals surface area contributed by atoms with Gasteiger partial charge in [-0.3, -0.25) is 4.98 Å². The highest BCUT2D eigenvalue weighted by molar-refractivity contribution is 7.11. The third-order valence-electron chi connectivity index (χ3n) is 4.49. The normalized spacial score (nSPS) is 18.3. The Morgan fingerprint density at radius 2 is 2.07 bits per heavy atom. The molecule has 27 heavy (non-hydrogen) atoms. The maximum Gasteiger partial charge on any atom is 0.218 e. The number of hydrogen-bond acceptors (Lipinski definition) is 8. The van der Waals surface area contributed by atoms with Gasteiger partial charge in [-0.05, 0) is 38.8 Å². The molecule has 0 bridgehead atoms. The minimum absolute atomic E-state index is 0.492. The summed E-state index contributed by atoms with van der Waals surface area (Å²) >= 11 is 1.57. The summed E-state index contributed by atoms with van der Waals surface area (Å²) in [5.74, 6) is 3.00. The smallest absolute Gasteiger partial charge is 0.218 e. The van der Waals surface area contributed by atoms with Crippen LogP contribution in [0.1, 0.15) is 39.4 Å². The van der Waals surface area contributed by atoms with Crippen molar-refractivity contribution in [1.29, 1.82) is 0 Å². The Hall–Kier alpha value is -2.61. The van der Waals surface area contributed by atoms with Gasteiger partial charge < -0.3 is 10.1 Å². The van der Waals surface area contributed by atoms with Crippen LogP contribution in [0.25, 0.3) is 0 Å². The number of hydrogen-bond donors (Lipinski definition) is 1. The molecule has 0 radical (unpaired) electrons. The first kappa shape index (κ1) is 17.8. The number of nitrogens with zero attached hydrogens (tertiary/aromatic N) is 5. The zero-order valence-electron chi connectivity index (χ0n) is 15.6. The van der Waals surface area contributed by atoms with E-state index in [1.807, 2.05) is 26.1 Å². The van der Waals surface area contributed by atoms with Gasteiger partial charge in [-0.15, -0.1) is 10.2 Å². The maximum atomic E-state index is 5.94. The van der Waals surface area contributed by atoms with Crippen LogP contribution in [-0.2, 0) is 6.54 Å². The molecule has 3 heterocycles. The van der Waals surface area contributed by atoms with Gasteiger partial charge in [-0.1, -0.05) is 17.4 Å². The van der Waals surface area contributed by atoms with Gasteiger partial charge in [0.25, 0.3) is 0 Å². The summed E-state index contributed by atoms with van der Waals surface area (Å²) in [5.41, 5.74) is 2.34. The number of rotatable bonds is 7. The molecule has 1 aliphatic rings. The number of aromatic nitrogens is 5. The standard InChI is InChI=1S/C19H22N6OS/c1-11-4-5-16(20-8-11)15-6-14(15)10-26-18-7-17(22-12(2)23-18)21-9-19-25-24-13(3)27-19/h4-5,7-8,14-15H,6,9-10H2,1-3H3,(H,21,22,23)/t14-,15?/m1/s1. The van der Waals surface area contributed by atoms with Crippen molar-refractivity contribution in [3.8, 4) is 5.88 Å². The molecule has 0 aromatic carbocycles. The van der Waals surface area contributed by atoms with Gasteiger partial charge in [0.05, 0.1) is 13.2 Å². The van der Waals surface area contributed by atoms with Crippen molar-refractivity contribution >= 4 is 17.2 Å². The number of nitrogens with one attached hydrogen (secondary N) is 1. The van der Waals surface area contributed by atoms with E-state index in [2.05, 4.69) is 49.5 Å². The third kappa shape index (κ3) is 4.57. The molecule has 3 aromatic rings. The Bertz CT molecular complexity index is 926. The van der Waals surface area contributed by atoms with E-state index in [4.69, 9.17) is 4.74 Å². The van der Waals surface area contributed by atoms with Gasteiger partial charge in [0.2, 0.25) is 5.88 Å². The first-order chi connectivity index (χ1) is 13.1. The van der Waals surface area contributed by atoms with E-state index in [1.165, 1.54) is 5.56 Å². The molecule has 1 fully saturated rings. The lowest BCUT2D eigenvalue weighted by atomic mass is 10.2. The van der Waals surface area contributed by atoms with Crippen molar-refractivity contribution in [2.75, 3.05) is 11.9 Å². The van der Waals surface area contributed by atoms with E-state index in [9.17, 15) is 0 Å². The van der Waals surface area contributed by atoms with Crippen LogP contribution in [0.2, 0.25) is 0 Å². The third-order valence-corrected chi connectivity index (χ3v) is 5.32. The molecule has 1 saturated carbocycles. The lowest BCUT2D eigenvalue weighted by Gasteiger charge is -2.09. The predicted molar refractivity (Wildman–Crippen MR) is 104 cm³/mol. The van der Waals surface area contributed by atoms with Gasteiger partial charge in [-0.2, -0.15) is 4.98 Å². The molecule has 0 spiro atoms. The molecule has 1 aliphatic carbocycles. The van der Waals surface area contributed by atoms with Crippen molar-refractivity contribution in [3.63, 3.8) is 0 Å². The Kier molecular flexibility index (Phi) is 4.98. The summed E-state index contributed by atoms with van der Waals surface area (Å²) in [6.07, 6.45) is 3.04. The van der Waals surface area contributed by atoms with Crippen LogP contribution in [0, 0.1) is 26.7 Å². The second-order valence-corrected chi connectivity index (χ2v) is 8.15. The van der Waals surface area contributed by atoms with E-state index in [0.717, 1.165) is 27.9 Å². The Balaban J connectivity index is 1.32. The molecule has 0 amide bonds. The van der Waals surface area contributed by atoms with E-state index < -0.39 is 0 Å². The summed E-state index contributed by atoms with van der Waals surface area (Å²) < 4.78 is 5.94. The topological polar surface area (TPSA) is 85.7 Å². The highest BCUT2D eigenvalue weighted by Gasteiger charge is 2.40. The Labute approximate surface area is 162 Å². The molecular weight excluding hydrogens is 360 g/mol. The van der Waals surface area contributed by atoms with Gasteiger partial charge in [0.15, 0.2) is 0 Å². The molecule has 140 valence electrons. The minimum atomic E-state index is 0.492. The number of pyridine rings is 1.